The molecule has 2 rings (SSSR count). The van der Waals surface area contributed by atoms with Crippen molar-refractivity contribution >= 4 is 5.78 Å². The molecule has 0 bridgehead atoms. The molecule has 0 saturated carbocycles. The first-order chi connectivity index (χ1) is 6.60. The fourth-order valence-corrected chi connectivity index (χ4v) is 1.89. The number of rotatable bonds is 1. The smallest absolute Gasteiger partial charge is 0.156 e. The van der Waals surface area contributed by atoms with E-state index in [1.807, 2.05) is 6.08 Å². The van der Waals surface area contributed by atoms with E-state index in [0.717, 1.165) is 0 Å². The highest BCUT2D eigenvalue weighted by molar-refractivity contribution is 5.94. The van der Waals surface area contributed by atoms with E-state index < -0.39 is 0 Å². The Labute approximate surface area is 84.5 Å². The molecule has 1 aromatic rings. The second-order valence-corrected chi connectivity index (χ2v) is 4.26. The quantitative estimate of drug-likeness (QED) is 0.659. The van der Waals surface area contributed by atoms with Crippen molar-refractivity contribution in [2.75, 3.05) is 0 Å². The fourth-order valence-electron chi connectivity index (χ4n) is 1.89. The summed E-state index contributed by atoms with van der Waals surface area (Å²) in [5, 5.41) is 0. The van der Waals surface area contributed by atoms with Gasteiger partial charge in [0.25, 0.3) is 0 Å². The van der Waals surface area contributed by atoms with Gasteiger partial charge < -0.3 is 0 Å². The Kier molecular flexibility index (Phi) is 2.03. The molecule has 0 amide bonds. The van der Waals surface area contributed by atoms with Crippen LogP contribution < -0.4 is 0 Å². The third kappa shape index (κ3) is 1.50. The lowest BCUT2D eigenvalue weighted by atomic mass is 9.82. The predicted molar refractivity (Wildman–Crippen MR) is 57.3 cm³/mol. The number of ketones is 1. The molecule has 14 heavy (non-hydrogen) atoms. The van der Waals surface area contributed by atoms with E-state index in [4.69, 9.17) is 0 Å². The molecule has 0 fully saturated rings. The minimum atomic E-state index is -0.0786. The van der Waals surface area contributed by atoms with Crippen LogP contribution in [0.4, 0.5) is 0 Å². The summed E-state index contributed by atoms with van der Waals surface area (Å²) in [6, 6.07) is 8.41. The van der Waals surface area contributed by atoms with Crippen molar-refractivity contribution < 1.29 is 4.79 Å². The van der Waals surface area contributed by atoms with Crippen LogP contribution in [0.5, 0.6) is 0 Å². The summed E-state index contributed by atoms with van der Waals surface area (Å²) in [5.74, 6) is 0.230. The fraction of sp³-hybridized carbons (Fsp3) is 0.308. The minimum absolute atomic E-state index is 0.0786. The van der Waals surface area contributed by atoms with Crippen molar-refractivity contribution in [1.82, 2.24) is 0 Å². The standard InChI is InChI=1S/C13H14O/c1-10-3-5-11(6-4-10)13(2)8-7-12(14)9-13/h3-8H,9H2,1-2H3/t13-/m0/s1. The maximum absolute atomic E-state index is 11.2. The maximum Gasteiger partial charge on any atom is 0.156 e. The molecule has 0 radical (unpaired) electrons. The molecule has 0 aliphatic heterocycles. The van der Waals surface area contributed by atoms with Crippen LogP contribution in [0.15, 0.2) is 36.4 Å². The highest BCUT2D eigenvalue weighted by Crippen LogP contribution is 2.33. The van der Waals surface area contributed by atoms with Gasteiger partial charge in [0.1, 0.15) is 0 Å². The van der Waals surface area contributed by atoms with Crippen LogP contribution in [0.2, 0.25) is 0 Å². The van der Waals surface area contributed by atoms with Gasteiger partial charge in [-0.1, -0.05) is 42.8 Å². The molecular formula is C13H14O. The van der Waals surface area contributed by atoms with Crippen LogP contribution in [0, 0.1) is 6.92 Å². The molecular weight excluding hydrogens is 172 g/mol. The van der Waals surface area contributed by atoms with E-state index in [-0.39, 0.29) is 11.2 Å². The number of allylic oxidation sites excluding steroid dienone is 2. The van der Waals surface area contributed by atoms with Crippen LogP contribution in [-0.2, 0) is 10.2 Å². The zero-order chi connectivity index (χ0) is 10.2. The van der Waals surface area contributed by atoms with Gasteiger partial charge in [0.05, 0.1) is 0 Å². The van der Waals surface area contributed by atoms with E-state index in [9.17, 15) is 4.79 Å². The summed E-state index contributed by atoms with van der Waals surface area (Å²) in [7, 11) is 0. The molecule has 1 heteroatoms. The normalized spacial score (nSPS) is 25.7. The molecule has 1 nitrogen and oxygen atoms in total. The minimum Gasteiger partial charge on any atom is -0.295 e. The van der Waals surface area contributed by atoms with E-state index in [2.05, 4.69) is 38.1 Å². The lowest BCUT2D eigenvalue weighted by molar-refractivity contribution is -0.114. The molecule has 1 atom stereocenters. The van der Waals surface area contributed by atoms with Crippen LogP contribution >= 0.6 is 0 Å². The van der Waals surface area contributed by atoms with Gasteiger partial charge in [0, 0.05) is 11.8 Å². The Morgan fingerprint density at radius 1 is 1.21 bits per heavy atom. The van der Waals surface area contributed by atoms with Crippen molar-refractivity contribution in [3.8, 4) is 0 Å². The Hall–Kier alpha value is -1.37. The lowest BCUT2D eigenvalue weighted by Crippen LogP contribution is -2.17. The molecule has 1 aliphatic carbocycles. The first-order valence-electron chi connectivity index (χ1n) is 4.89. The van der Waals surface area contributed by atoms with Gasteiger partial charge in [-0.25, -0.2) is 0 Å². The summed E-state index contributed by atoms with van der Waals surface area (Å²) >= 11 is 0. The Balaban J connectivity index is 2.36. The summed E-state index contributed by atoms with van der Waals surface area (Å²) in [4.78, 5) is 11.2. The van der Waals surface area contributed by atoms with Crippen molar-refractivity contribution in [2.24, 2.45) is 0 Å². The van der Waals surface area contributed by atoms with E-state index in [1.54, 1.807) is 6.08 Å². The maximum atomic E-state index is 11.2. The molecule has 1 aromatic carbocycles. The molecule has 1 aliphatic rings. The second kappa shape index (κ2) is 3.09. The average molecular weight is 186 g/mol. The van der Waals surface area contributed by atoms with E-state index in [0.29, 0.717) is 6.42 Å². The van der Waals surface area contributed by atoms with Gasteiger partial charge in [-0.3, -0.25) is 4.79 Å². The largest absolute Gasteiger partial charge is 0.295 e. The summed E-state index contributed by atoms with van der Waals surface area (Å²) in [5.41, 5.74) is 2.40. The summed E-state index contributed by atoms with van der Waals surface area (Å²) < 4.78 is 0. The Morgan fingerprint density at radius 3 is 2.36 bits per heavy atom. The average Bonchev–Trinajstić information content (AvgIpc) is 2.48. The number of benzene rings is 1. The zero-order valence-corrected chi connectivity index (χ0v) is 8.58. The molecule has 72 valence electrons. The van der Waals surface area contributed by atoms with Gasteiger partial charge in [0.15, 0.2) is 5.78 Å². The highest BCUT2D eigenvalue weighted by Gasteiger charge is 2.30. The lowest BCUT2D eigenvalue weighted by Gasteiger charge is -2.21. The predicted octanol–water partition coefficient (Wildman–Crippen LogP) is 2.78. The van der Waals surface area contributed by atoms with Gasteiger partial charge in [-0.05, 0) is 18.6 Å². The number of aryl methyl sites for hydroxylation is 1. The first-order valence-corrected chi connectivity index (χ1v) is 4.89. The molecule has 0 unspecified atom stereocenters. The van der Waals surface area contributed by atoms with Crippen molar-refractivity contribution in [3.05, 3.63) is 47.5 Å². The molecule has 0 spiro atoms. The number of carbonyl (C=O) groups is 1. The van der Waals surface area contributed by atoms with Crippen LogP contribution in [0.25, 0.3) is 0 Å². The van der Waals surface area contributed by atoms with Crippen molar-refractivity contribution in [2.45, 2.75) is 25.7 Å². The third-order valence-corrected chi connectivity index (χ3v) is 2.89. The SMILES string of the molecule is Cc1ccc([C@@]2(C)C=CC(=O)C2)cc1. The van der Waals surface area contributed by atoms with Crippen molar-refractivity contribution in [1.29, 1.82) is 0 Å². The Bertz CT molecular complexity index is 386. The third-order valence-electron chi connectivity index (χ3n) is 2.89. The van der Waals surface area contributed by atoms with Gasteiger partial charge >= 0.3 is 0 Å². The molecule has 0 saturated heterocycles. The summed E-state index contributed by atoms with van der Waals surface area (Å²) in [6.07, 6.45) is 4.32. The van der Waals surface area contributed by atoms with Crippen LogP contribution in [0.1, 0.15) is 24.5 Å². The van der Waals surface area contributed by atoms with Gasteiger partial charge in [-0.15, -0.1) is 0 Å². The number of hydrogen-bond acceptors (Lipinski definition) is 1. The molecule has 0 heterocycles. The number of carbonyl (C=O) groups excluding carboxylic acids is 1. The van der Waals surface area contributed by atoms with Gasteiger partial charge in [-0.2, -0.15) is 0 Å². The number of hydrogen-bond donors (Lipinski definition) is 0. The van der Waals surface area contributed by atoms with E-state index in [1.165, 1.54) is 11.1 Å². The summed E-state index contributed by atoms with van der Waals surface area (Å²) in [6.45, 7) is 4.18. The van der Waals surface area contributed by atoms with Gasteiger partial charge in [0.2, 0.25) is 0 Å². The van der Waals surface area contributed by atoms with Crippen LogP contribution in [0.3, 0.4) is 0 Å². The van der Waals surface area contributed by atoms with Crippen LogP contribution in [-0.4, -0.2) is 5.78 Å². The molecule has 0 aromatic heterocycles. The monoisotopic (exact) mass is 186 g/mol. The molecule has 0 N–H and O–H groups in total. The highest BCUT2D eigenvalue weighted by atomic mass is 16.1. The van der Waals surface area contributed by atoms with E-state index >= 15 is 0 Å². The Morgan fingerprint density at radius 2 is 1.86 bits per heavy atom. The zero-order valence-electron chi connectivity index (χ0n) is 8.58. The topological polar surface area (TPSA) is 17.1 Å². The second-order valence-electron chi connectivity index (χ2n) is 4.26. The van der Waals surface area contributed by atoms with Crippen molar-refractivity contribution in [3.63, 3.8) is 0 Å². The first kappa shape index (κ1) is 9.20.